The molecule has 0 saturated carbocycles. The van der Waals surface area contributed by atoms with Crippen molar-refractivity contribution in [1.82, 2.24) is 10.6 Å². The Morgan fingerprint density at radius 2 is 1.64 bits per heavy atom. The Kier molecular flexibility index (Phi) is 8.82. The summed E-state index contributed by atoms with van der Waals surface area (Å²) in [6.45, 7) is 5.36. The lowest BCUT2D eigenvalue weighted by atomic mass is 10.0. The van der Waals surface area contributed by atoms with Crippen LogP contribution in [0.3, 0.4) is 0 Å². The van der Waals surface area contributed by atoms with Crippen LogP contribution in [0.15, 0.2) is 54.6 Å². The Hall–Kier alpha value is -2.53. The second-order valence-electron chi connectivity index (χ2n) is 7.10. The van der Waals surface area contributed by atoms with E-state index in [2.05, 4.69) is 16.0 Å². The summed E-state index contributed by atoms with van der Waals surface area (Å²) in [5, 5.41) is 9.64. The normalized spacial score (nSPS) is 11.7. The third-order valence-electron chi connectivity index (χ3n) is 4.19. The monoisotopic (exact) mass is 401 g/mol. The first-order chi connectivity index (χ1) is 13.5. The van der Waals surface area contributed by atoms with Gasteiger partial charge in [-0.15, -0.1) is 0 Å². The van der Waals surface area contributed by atoms with Crippen molar-refractivity contribution in [2.75, 3.05) is 18.4 Å². The standard InChI is InChI=1S/C22H28ClN3O2/c1-16(2)15-20(26-21(27)17-9-11-18(23)12-10-17)22(28)25-14-6-13-24-19-7-4-3-5-8-19/h3-5,7-12,16,20,24H,6,13-15H2,1-2H3,(H,25,28)(H,26,27). The molecule has 0 bridgehead atoms. The fourth-order valence-electron chi connectivity index (χ4n) is 2.76. The van der Waals surface area contributed by atoms with Gasteiger partial charge in [-0.05, 0) is 55.2 Å². The van der Waals surface area contributed by atoms with Crippen LogP contribution >= 0.6 is 11.6 Å². The summed E-state index contributed by atoms with van der Waals surface area (Å²) in [6.07, 6.45) is 1.37. The molecule has 2 aromatic carbocycles. The summed E-state index contributed by atoms with van der Waals surface area (Å²) in [5.41, 5.74) is 1.54. The molecule has 0 saturated heterocycles. The number of carbonyl (C=O) groups is 2. The van der Waals surface area contributed by atoms with Crippen molar-refractivity contribution >= 4 is 29.1 Å². The first-order valence-corrected chi connectivity index (χ1v) is 9.96. The lowest BCUT2D eigenvalue weighted by Crippen LogP contribution is -2.47. The molecule has 2 amide bonds. The van der Waals surface area contributed by atoms with Gasteiger partial charge in [0, 0.05) is 29.4 Å². The van der Waals surface area contributed by atoms with Crippen LogP contribution in [-0.4, -0.2) is 30.9 Å². The van der Waals surface area contributed by atoms with Gasteiger partial charge in [-0.3, -0.25) is 9.59 Å². The summed E-state index contributed by atoms with van der Waals surface area (Å²) in [5.74, 6) is -0.153. The van der Waals surface area contributed by atoms with E-state index >= 15 is 0 Å². The Bertz CT molecular complexity index is 748. The molecular formula is C22H28ClN3O2. The van der Waals surface area contributed by atoms with Gasteiger partial charge in [-0.1, -0.05) is 43.6 Å². The zero-order valence-corrected chi connectivity index (χ0v) is 17.1. The fourth-order valence-corrected chi connectivity index (χ4v) is 2.88. The van der Waals surface area contributed by atoms with Crippen molar-refractivity contribution < 1.29 is 9.59 Å². The Morgan fingerprint density at radius 3 is 2.29 bits per heavy atom. The van der Waals surface area contributed by atoms with Crippen LogP contribution in [0, 0.1) is 5.92 Å². The minimum absolute atomic E-state index is 0.157. The molecule has 0 aliphatic carbocycles. The highest BCUT2D eigenvalue weighted by atomic mass is 35.5. The highest BCUT2D eigenvalue weighted by Crippen LogP contribution is 2.11. The van der Waals surface area contributed by atoms with Crippen molar-refractivity contribution in [3.8, 4) is 0 Å². The summed E-state index contributed by atoms with van der Waals surface area (Å²) in [6, 6.07) is 16.0. The van der Waals surface area contributed by atoms with E-state index in [1.54, 1.807) is 24.3 Å². The van der Waals surface area contributed by atoms with Gasteiger partial charge in [0.05, 0.1) is 0 Å². The molecule has 0 radical (unpaired) electrons. The van der Waals surface area contributed by atoms with E-state index in [0.29, 0.717) is 23.6 Å². The first-order valence-electron chi connectivity index (χ1n) is 9.58. The molecule has 0 aromatic heterocycles. The van der Waals surface area contributed by atoms with Gasteiger partial charge in [0.25, 0.3) is 5.91 Å². The second kappa shape index (κ2) is 11.3. The number of halogens is 1. The number of anilines is 1. The molecule has 6 heteroatoms. The smallest absolute Gasteiger partial charge is 0.251 e. The third kappa shape index (κ3) is 7.61. The quantitative estimate of drug-likeness (QED) is 0.525. The Morgan fingerprint density at radius 1 is 0.964 bits per heavy atom. The van der Waals surface area contributed by atoms with Gasteiger partial charge in [0.1, 0.15) is 6.04 Å². The zero-order valence-electron chi connectivity index (χ0n) is 16.4. The van der Waals surface area contributed by atoms with Gasteiger partial charge in [-0.2, -0.15) is 0 Å². The van der Waals surface area contributed by atoms with Crippen molar-refractivity contribution in [3.05, 3.63) is 65.2 Å². The second-order valence-corrected chi connectivity index (χ2v) is 7.54. The van der Waals surface area contributed by atoms with Crippen molar-refractivity contribution in [2.45, 2.75) is 32.7 Å². The molecule has 0 fully saturated rings. The number of carbonyl (C=O) groups excluding carboxylic acids is 2. The van der Waals surface area contributed by atoms with Gasteiger partial charge in [-0.25, -0.2) is 0 Å². The van der Waals surface area contributed by atoms with Crippen LogP contribution < -0.4 is 16.0 Å². The predicted molar refractivity (Wildman–Crippen MR) is 115 cm³/mol. The number of amides is 2. The molecule has 5 nitrogen and oxygen atoms in total. The highest BCUT2D eigenvalue weighted by Gasteiger charge is 2.22. The van der Waals surface area contributed by atoms with E-state index in [1.807, 2.05) is 44.2 Å². The maximum Gasteiger partial charge on any atom is 0.251 e. The van der Waals surface area contributed by atoms with Gasteiger partial charge >= 0.3 is 0 Å². The Labute approximate surface area is 171 Å². The summed E-state index contributed by atoms with van der Waals surface area (Å²) in [7, 11) is 0. The average Bonchev–Trinajstić information content (AvgIpc) is 2.68. The van der Waals surface area contributed by atoms with Crippen molar-refractivity contribution in [3.63, 3.8) is 0 Å². The van der Waals surface area contributed by atoms with E-state index in [0.717, 1.165) is 18.7 Å². The zero-order chi connectivity index (χ0) is 20.4. The van der Waals surface area contributed by atoms with Gasteiger partial charge in [0.2, 0.25) is 5.91 Å². The molecule has 0 heterocycles. The van der Waals surface area contributed by atoms with Crippen LogP contribution in [0.5, 0.6) is 0 Å². The van der Waals surface area contributed by atoms with Crippen LogP contribution in [0.25, 0.3) is 0 Å². The molecule has 1 atom stereocenters. The minimum Gasteiger partial charge on any atom is -0.385 e. The summed E-state index contributed by atoms with van der Waals surface area (Å²) in [4.78, 5) is 25.0. The average molecular weight is 402 g/mol. The first kappa shape index (κ1) is 21.8. The van der Waals surface area contributed by atoms with Crippen LogP contribution in [0.2, 0.25) is 5.02 Å². The summed E-state index contributed by atoms with van der Waals surface area (Å²) >= 11 is 5.86. The molecule has 2 aromatic rings. The maximum atomic E-state index is 12.6. The van der Waals surface area contributed by atoms with Crippen molar-refractivity contribution in [2.24, 2.45) is 5.92 Å². The number of hydrogen-bond acceptors (Lipinski definition) is 3. The topological polar surface area (TPSA) is 70.2 Å². The third-order valence-corrected chi connectivity index (χ3v) is 4.44. The van der Waals surface area contributed by atoms with E-state index in [-0.39, 0.29) is 17.7 Å². The molecule has 150 valence electrons. The van der Waals surface area contributed by atoms with E-state index in [9.17, 15) is 9.59 Å². The number of hydrogen-bond donors (Lipinski definition) is 3. The molecule has 3 N–H and O–H groups in total. The minimum atomic E-state index is -0.565. The Balaban J connectivity index is 1.81. The van der Waals surface area contributed by atoms with Crippen LogP contribution in [-0.2, 0) is 4.79 Å². The highest BCUT2D eigenvalue weighted by molar-refractivity contribution is 6.30. The molecule has 1 unspecified atom stereocenters. The van der Waals surface area contributed by atoms with Gasteiger partial charge < -0.3 is 16.0 Å². The fraction of sp³-hybridized carbons (Fsp3) is 0.364. The number of benzene rings is 2. The molecule has 0 aliphatic rings. The maximum absolute atomic E-state index is 12.6. The number of nitrogens with one attached hydrogen (secondary N) is 3. The van der Waals surface area contributed by atoms with Crippen LogP contribution in [0.1, 0.15) is 37.0 Å². The molecular weight excluding hydrogens is 374 g/mol. The van der Waals surface area contributed by atoms with E-state index in [1.165, 1.54) is 0 Å². The predicted octanol–water partition coefficient (Wildman–Crippen LogP) is 4.10. The molecule has 2 rings (SSSR count). The summed E-state index contributed by atoms with van der Waals surface area (Å²) < 4.78 is 0. The van der Waals surface area contributed by atoms with E-state index < -0.39 is 6.04 Å². The van der Waals surface area contributed by atoms with Gasteiger partial charge in [0.15, 0.2) is 0 Å². The number of rotatable bonds is 10. The SMILES string of the molecule is CC(C)CC(NC(=O)c1ccc(Cl)cc1)C(=O)NCCCNc1ccccc1. The van der Waals surface area contributed by atoms with Crippen LogP contribution in [0.4, 0.5) is 5.69 Å². The lowest BCUT2D eigenvalue weighted by Gasteiger charge is -2.20. The lowest BCUT2D eigenvalue weighted by molar-refractivity contribution is -0.123. The van der Waals surface area contributed by atoms with E-state index in [4.69, 9.17) is 11.6 Å². The number of para-hydroxylation sites is 1. The molecule has 0 aliphatic heterocycles. The van der Waals surface area contributed by atoms with Crippen molar-refractivity contribution in [1.29, 1.82) is 0 Å². The molecule has 28 heavy (non-hydrogen) atoms. The molecule has 0 spiro atoms. The largest absolute Gasteiger partial charge is 0.385 e.